The van der Waals surface area contributed by atoms with Crippen molar-refractivity contribution in [2.45, 2.75) is 6.04 Å². The van der Waals surface area contributed by atoms with Crippen LogP contribution in [-0.4, -0.2) is 23.9 Å². The first-order valence-electron chi connectivity index (χ1n) is 5.95. The van der Waals surface area contributed by atoms with Gasteiger partial charge >= 0.3 is 0 Å². The second-order valence-electron chi connectivity index (χ2n) is 4.59. The van der Waals surface area contributed by atoms with Crippen LogP contribution >= 0.6 is 15.9 Å². The van der Waals surface area contributed by atoms with E-state index in [2.05, 4.69) is 49.6 Å². The third kappa shape index (κ3) is 2.80. The Morgan fingerprint density at radius 3 is 2.68 bits per heavy atom. The number of rotatable bonds is 4. The first kappa shape index (κ1) is 14.0. The quantitative estimate of drug-likeness (QED) is 0.665. The first-order chi connectivity index (χ1) is 9.04. The molecule has 1 unspecified atom stereocenters. The smallest absolute Gasteiger partial charge is 0.0890 e. The lowest BCUT2D eigenvalue weighted by Gasteiger charge is -2.20. The van der Waals surface area contributed by atoms with Crippen molar-refractivity contribution in [2.24, 2.45) is 12.9 Å². The Morgan fingerprint density at radius 2 is 2.16 bits per heavy atom. The second-order valence-corrected chi connectivity index (χ2v) is 5.44. The normalized spacial score (nSPS) is 12.5. The molecule has 2 aromatic rings. The van der Waals surface area contributed by atoms with Crippen LogP contribution in [0, 0.1) is 0 Å². The van der Waals surface area contributed by atoms with E-state index < -0.39 is 0 Å². The zero-order valence-corrected chi connectivity index (χ0v) is 12.8. The molecular weight excluding hydrogens is 306 g/mol. The minimum absolute atomic E-state index is 0.109. The predicted octanol–water partition coefficient (Wildman–Crippen LogP) is 1.80. The highest BCUT2D eigenvalue weighted by atomic mass is 79.9. The van der Waals surface area contributed by atoms with Crippen molar-refractivity contribution in [3.63, 3.8) is 0 Å². The van der Waals surface area contributed by atoms with Crippen molar-refractivity contribution in [1.82, 2.24) is 15.2 Å². The van der Waals surface area contributed by atoms with Crippen LogP contribution in [0.2, 0.25) is 0 Å². The minimum Gasteiger partial charge on any atom is -0.378 e. The van der Waals surface area contributed by atoms with E-state index in [1.807, 2.05) is 31.9 Å². The monoisotopic (exact) mass is 323 g/mol. The summed E-state index contributed by atoms with van der Waals surface area (Å²) in [4.78, 5) is 2.06. The summed E-state index contributed by atoms with van der Waals surface area (Å²) in [5, 5.41) is 4.23. The number of nitrogens with two attached hydrogens (primary N) is 1. The molecule has 5 nitrogen and oxygen atoms in total. The summed E-state index contributed by atoms with van der Waals surface area (Å²) >= 11 is 3.51. The van der Waals surface area contributed by atoms with Crippen LogP contribution in [0.15, 0.2) is 34.9 Å². The number of hydrogen-bond donors (Lipinski definition) is 2. The van der Waals surface area contributed by atoms with Crippen molar-refractivity contribution in [3.8, 4) is 0 Å². The lowest BCUT2D eigenvalue weighted by Crippen LogP contribution is -2.30. The standard InChI is InChI=1S/C13H18BrN5/c1-18(2)10-6-4-5-9(7-10)12(17-15)13-11(14)8-16-19(13)3/h4-8,12,17H,15H2,1-3H3. The van der Waals surface area contributed by atoms with Gasteiger partial charge in [0.25, 0.3) is 0 Å². The molecular formula is C13H18BrN5. The minimum atomic E-state index is -0.109. The van der Waals surface area contributed by atoms with Crippen LogP contribution in [0.4, 0.5) is 5.69 Å². The van der Waals surface area contributed by atoms with Crippen molar-refractivity contribution in [2.75, 3.05) is 19.0 Å². The summed E-state index contributed by atoms with van der Waals surface area (Å²) in [6.07, 6.45) is 1.77. The highest BCUT2D eigenvalue weighted by Gasteiger charge is 2.19. The van der Waals surface area contributed by atoms with Gasteiger partial charge in [-0.05, 0) is 33.6 Å². The van der Waals surface area contributed by atoms with Gasteiger partial charge in [-0.1, -0.05) is 12.1 Å². The Hall–Kier alpha value is -1.37. The molecule has 3 N–H and O–H groups in total. The maximum absolute atomic E-state index is 5.73. The molecule has 0 fully saturated rings. The summed E-state index contributed by atoms with van der Waals surface area (Å²) in [7, 11) is 5.94. The van der Waals surface area contributed by atoms with Gasteiger partial charge in [0.2, 0.25) is 0 Å². The van der Waals surface area contributed by atoms with Gasteiger partial charge in [0.1, 0.15) is 0 Å². The largest absolute Gasteiger partial charge is 0.378 e. The van der Waals surface area contributed by atoms with E-state index in [0.717, 1.165) is 21.4 Å². The van der Waals surface area contributed by atoms with E-state index >= 15 is 0 Å². The molecule has 6 heteroatoms. The molecule has 0 aliphatic rings. The maximum atomic E-state index is 5.73. The van der Waals surface area contributed by atoms with Gasteiger partial charge in [-0.25, -0.2) is 5.43 Å². The zero-order chi connectivity index (χ0) is 14.0. The van der Waals surface area contributed by atoms with E-state index in [4.69, 9.17) is 5.84 Å². The molecule has 0 bridgehead atoms. The number of halogens is 1. The Kier molecular flexibility index (Phi) is 4.24. The van der Waals surface area contributed by atoms with Gasteiger partial charge < -0.3 is 4.90 Å². The molecule has 0 aliphatic heterocycles. The fraction of sp³-hybridized carbons (Fsp3) is 0.308. The summed E-state index contributed by atoms with van der Waals surface area (Å²) in [5.41, 5.74) is 6.09. The van der Waals surface area contributed by atoms with Crippen molar-refractivity contribution >= 4 is 21.6 Å². The SMILES string of the molecule is CN(C)c1cccc(C(NN)c2c(Br)cnn2C)c1. The molecule has 1 atom stereocenters. The fourth-order valence-electron chi connectivity index (χ4n) is 2.06. The zero-order valence-electron chi connectivity index (χ0n) is 11.3. The molecule has 0 radical (unpaired) electrons. The van der Waals surface area contributed by atoms with Gasteiger partial charge in [-0.2, -0.15) is 5.10 Å². The van der Waals surface area contributed by atoms with E-state index in [-0.39, 0.29) is 6.04 Å². The Balaban J connectivity index is 2.45. The third-order valence-corrected chi connectivity index (χ3v) is 3.71. The highest BCUT2D eigenvalue weighted by Crippen LogP contribution is 2.29. The number of aromatic nitrogens is 2. The molecule has 0 spiro atoms. The summed E-state index contributed by atoms with van der Waals surface area (Å²) in [5.74, 6) is 5.73. The van der Waals surface area contributed by atoms with Crippen molar-refractivity contribution in [1.29, 1.82) is 0 Å². The Labute approximate surface area is 121 Å². The van der Waals surface area contributed by atoms with Crippen LogP contribution in [-0.2, 0) is 7.05 Å². The lowest BCUT2D eigenvalue weighted by molar-refractivity contribution is 0.573. The average molecular weight is 324 g/mol. The molecule has 1 aromatic heterocycles. The van der Waals surface area contributed by atoms with Crippen molar-refractivity contribution in [3.05, 3.63) is 46.2 Å². The van der Waals surface area contributed by atoms with Gasteiger partial charge in [-0.15, -0.1) is 0 Å². The van der Waals surface area contributed by atoms with E-state index in [1.165, 1.54) is 0 Å². The van der Waals surface area contributed by atoms with Gasteiger partial charge in [0, 0.05) is 26.8 Å². The summed E-state index contributed by atoms with van der Waals surface area (Å²) < 4.78 is 2.75. The van der Waals surface area contributed by atoms with Crippen LogP contribution in [0.25, 0.3) is 0 Å². The molecule has 0 saturated heterocycles. The molecule has 102 valence electrons. The van der Waals surface area contributed by atoms with Gasteiger partial charge in [0.15, 0.2) is 0 Å². The summed E-state index contributed by atoms with van der Waals surface area (Å²) in [6, 6.07) is 8.15. The molecule has 1 aromatic carbocycles. The summed E-state index contributed by atoms with van der Waals surface area (Å²) in [6.45, 7) is 0. The number of anilines is 1. The van der Waals surface area contributed by atoms with E-state index in [0.29, 0.717) is 0 Å². The first-order valence-corrected chi connectivity index (χ1v) is 6.74. The fourth-order valence-corrected chi connectivity index (χ4v) is 2.64. The number of nitrogens with one attached hydrogen (secondary N) is 1. The van der Waals surface area contributed by atoms with Gasteiger partial charge in [-0.3, -0.25) is 10.5 Å². The molecule has 2 rings (SSSR count). The maximum Gasteiger partial charge on any atom is 0.0890 e. The Morgan fingerprint density at radius 1 is 1.42 bits per heavy atom. The number of aryl methyl sites for hydroxylation is 1. The predicted molar refractivity (Wildman–Crippen MR) is 80.8 cm³/mol. The number of benzene rings is 1. The van der Waals surface area contributed by atoms with Crippen molar-refractivity contribution < 1.29 is 0 Å². The Bertz CT molecular complexity index is 544. The van der Waals surface area contributed by atoms with Crippen LogP contribution in [0.5, 0.6) is 0 Å². The molecule has 19 heavy (non-hydrogen) atoms. The molecule has 0 amide bonds. The van der Waals surface area contributed by atoms with E-state index in [1.54, 1.807) is 6.20 Å². The van der Waals surface area contributed by atoms with Crippen LogP contribution in [0.3, 0.4) is 0 Å². The topological polar surface area (TPSA) is 59.1 Å². The average Bonchev–Trinajstić information content (AvgIpc) is 2.72. The molecule has 0 saturated carbocycles. The van der Waals surface area contributed by atoms with E-state index in [9.17, 15) is 0 Å². The molecule has 0 aliphatic carbocycles. The second kappa shape index (κ2) is 5.73. The number of nitrogens with zero attached hydrogens (tertiary/aromatic N) is 3. The number of hydrazine groups is 1. The van der Waals surface area contributed by atoms with Crippen LogP contribution in [0.1, 0.15) is 17.3 Å². The number of hydrogen-bond acceptors (Lipinski definition) is 4. The molecule has 1 heterocycles. The highest BCUT2D eigenvalue weighted by molar-refractivity contribution is 9.10. The van der Waals surface area contributed by atoms with Gasteiger partial charge in [0.05, 0.1) is 22.4 Å². The lowest BCUT2D eigenvalue weighted by atomic mass is 10.0. The third-order valence-electron chi connectivity index (χ3n) is 3.10. The van der Waals surface area contributed by atoms with Crippen LogP contribution < -0.4 is 16.2 Å².